The van der Waals surface area contributed by atoms with Crippen LogP contribution >= 0.6 is 0 Å². The molecule has 2 aromatic rings. The zero-order chi connectivity index (χ0) is 17.1. The number of methoxy groups -OCH3 is 2. The first-order chi connectivity index (χ1) is 11.6. The van der Waals surface area contributed by atoms with Crippen LogP contribution in [0.2, 0.25) is 0 Å². The number of rotatable bonds is 4. The van der Waals surface area contributed by atoms with Gasteiger partial charge in [-0.15, -0.1) is 0 Å². The van der Waals surface area contributed by atoms with E-state index in [1.165, 1.54) is 0 Å². The summed E-state index contributed by atoms with van der Waals surface area (Å²) in [6.45, 7) is 4.13. The third kappa shape index (κ3) is 3.00. The summed E-state index contributed by atoms with van der Waals surface area (Å²) in [5.41, 5.74) is 6.79. The lowest BCUT2D eigenvalue weighted by Crippen LogP contribution is -1.96. The van der Waals surface area contributed by atoms with E-state index in [2.05, 4.69) is 50.3 Å². The maximum absolute atomic E-state index is 5.39. The normalized spacial score (nSPS) is 12.6. The smallest absolute Gasteiger partial charge is 0.121 e. The fraction of sp³-hybridized carbons (Fsp3) is 0.182. The van der Waals surface area contributed by atoms with Gasteiger partial charge in [0, 0.05) is 0 Å². The van der Waals surface area contributed by atoms with Gasteiger partial charge >= 0.3 is 0 Å². The number of aryl methyl sites for hydroxylation is 2. The van der Waals surface area contributed by atoms with Gasteiger partial charge in [-0.2, -0.15) is 0 Å². The predicted molar refractivity (Wildman–Crippen MR) is 98.4 cm³/mol. The van der Waals surface area contributed by atoms with Crippen molar-refractivity contribution in [3.05, 3.63) is 88.5 Å². The summed E-state index contributed by atoms with van der Waals surface area (Å²) in [6.07, 6.45) is 9.39. The van der Waals surface area contributed by atoms with E-state index in [1.54, 1.807) is 14.2 Å². The van der Waals surface area contributed by atoms with Crippen molar-refractivity contribution in [1.29, 1.82) is 0 Å². The molecule has 3 rings (SSSR count). The Hall–Kier alpha value is -2.74. The van der Waals surface area contributed by atoms with Gasteiger partial charge in [-0.3, -0.25) is 0 Å². The maximum Gasteiger partial charge on any atom is 0.121 e. The fourth-order valence-corrected chi connectivity index (χ4v) is 3.03. The van der Waals surface area contributed by atoms with Crippen LogP contribution in [-0.4, -0.2) is 14.2 Å². The molecule has 121 valence electrons. The Morgan fingerprint density at radius 3 is 1.75 bits per heavy atom. The molecule has 0 saturated heterocycles. The second-order valence-corrected chi connectivity index (χ2v) is 5.83. The molecular weight excluding hydrogens is 296 g/mol. The number of benzene rings is 2. The zero-order valence-electron chi connectivity index (χ0n) is 14.5. The maximum atomic E-state index is 5.39. The molecule has 0 unspecified atom stereocenters. The summed E-state index contributed by atoms with van der Waals surface area (Å²) in [5.74, 6) is 1.80. The molecule has 2 aromatic carbocycles. The summed E-state index contributed by atoms with van der Waals surface area (Å²) in [7, 11) is 3.40. The monoisotopic (exact) mass is 317 g/mol. The third-order valence-corrected chi connectivity index (χ3v) is 4.23. The summed E-state index contributed by atoms with van der Waals surface area (Å²) in [6, 6.07) is 12.6. The van der Waals surface area contributed by atoms with Crippen LogP contribution in [0.3, 0.4) is 0 Å². The Morgan fingerprint density at radius 1 is 0.833 bits per heavy atom. The van der Waals surface area contributed by atoms with E-state index >= 15 is 0 Å². The van der Waals surface area contributed by atoms with Gasteiger partial charge in [-0.1, -0.05) is 30.4 Å². The van der Waals surface area contributed by atoms with Crippen LogP contribution in [0.4, 0.5) is 0 Å². The number of hydrogen-bond donors (Lipinski definition) is 0. The predicted octanol–water partition coefficient (Wildman–Crippen LogP) is 5.05. The largest absolute Gasteiger partial charge is 0.496 e. The Bertz CT molecular complexity index is 785. The SMILES string of the molecule is COc1ccc(C(=C2[C]=CC=C2)c2ccc(OC)c(C)c2)cc1C. The van der Waals surface area contributed by atoms with Crippen LogP contribution in [-0.2, 0) is 0 Å². The van der Waals surface area contributed by atoms with Crippen molar-refractivity contribution in [3.63, 3.8) is 0 Å². The molecule has 0 bridgehead atoms. The molecule has 0 N–H and O–H groups in total. The van der Waals surface area contributed by atoms with Gasteiger partial charge in [0.15, 0.2) is 0 Å². The first-order valence-corrected chi connectivity index (χ1v) is 7.94. The van der Waals surface area contributed by atoms with Gasteiger partial charge in [0.2, 0.25) is 0 Å². The van der Waals surface area contributed by atoms with Crippen LogP contribution in [0.1, 0.15) is 22.3 Å². The van der Waals surface area contributed by atoms with Crippen molar-refractivity contribution in [2.75, 3.05) is 14.2 Å². The Balaban J connectivity index is 2.18. The second kappa shape index (κ2) is 6.79. The molecule has 1 radical (unpaired) electrons. The van der Waals surface area contributed by atoms with Gasteiger partial charge < -0.3 is 9.47 Å². The van der Waals surface area contributed by atoms with Crippen molar-refractivity contribution < 1.29 is 9.47 Å². The average molecular weight is 317 g/mol. The molecule has 0 saturated carbocycles. The molecule has 1 aliphatic carbocycles. The molecule has 0 atom stereocenters. The quantitative estimate of drug-likeness (QED) is 0.785. The van der Waals surface area contributed by atoms with Gasteiger partial charge in [0.1, 0.15) is 11.5 Å². The van der Waals surface area contributed by atoms with Gasteiger partial charge in [0.05, 0.1) is 14.2 Å². The lowest BCUT2D eigenvalue weighted by Gasteiger charge is -2.15. The molecule has 24 heavy (non-hydrogen) atoms. The highest BCUT2D eigenvalue weighted by molar-refractivity contribution is 5.86. The highest BCUT2D eigenvalue weighted by Crippen LogP contribution is 2.34. The number of ether oxygens (including phenoxy) is 2. The van der Waals surface area contributed by atoms with Crippen molar-refractivity contribution in [1.82, 2.24) is 0 Å². The van der Waals surface area contributed by atoms with Crippen LogP contribution in [0.5, 0.6) is 11.5 Å². The van der Waals surface area contributed by atoms with Crippen LogP contribution in [0, 0.1) is 19.9 Å². The van der Waals surface area contributed by atoms with Crippen LogP contribution in [0.15, 0.2) is 60.2 Å². The standard InChI is InChI=1S/C22H21O2/c1-15-13-18(9-11-20(15)23-3)22(17-7-5-6-8-17)19-10-12-21(24-4)16(2)14-19/h5-7,9-14H,1-4H3. The van der Waals surface area contributed by atoms with Crippen molar-refractivity contribution in [3.8, 4) is 11.5 Å². The number of allylic oxidation sites excluding steroid dienone is 5. The van der Waals surface area contributed by atoms with Gasteiger partial charge in [-0.25, -0.2) is 0 Å². The Morgan fingerprint density at radius 2 is 1.38 bits per heavy atom. The van der Waals surface area contributed by atoms with E-state index in [4.69, 9.17) is 9.47 Å². The first-order valence-electron chi connectivity index (χ1n) is 7.94. The van der Waals surface area contributed by atoms with E-state index in [0.29, 0.717) is 0 Å². The highest BCUT2D eigenvalue weighted by atomic mass is 16.5. The molecule has 0 heterocycles. The molecule has 0 fully saturated rings. The topological polar surface area (TPSA) is 18.5 Å². The van der Waals surface area contributed by atoms with Crippen molar-refractivity contribution in [2.24, 2.45) is 0 Å². The highest BCUT2D eigenvalue weighted by Gasteiger charge is 2.13. The minimum absolute atomic E-state index is 0.899. The molecule has 2 heteroatoms. The van der Waals surface area contributed by atoms with E-state index in [-0.39, 0.29) is 0 Å². The van der Waals surface area contributed by atoms with E-state index in [9.17, 15) is 0 Å². The molecule has 1 aliphatic rings. The van der Waals surface area contributed by atoms with Gasteiger partial charge in [-0.05, 0) is 77.6 Å². The summed E-state index contributed by atoms with van der Waals surface area (Å²) in [4.78, 5) is 0. The third-order valence-electron chi connectivity index (χ3n) is 4.23. The summed E-state index contributed by atoms with van der Waals surface area (Å²) in [5, 5.41) is 0. The fourth-order valence-electron chi connectivity index (χ4n) is 3.03. The lowest BCUT2D eigenvalue weighted by atomic mass is 9.91. The molecule has 0 amide bonds. The molecule has 2 nitrogen and oxygen atoms in total. The molecule has 0 aliphatic heterocycles. The lowest BCUT2D eigenvalue weighted by molar-refractivity contribution is 0.411. The Labute approximate surface area is 143 Å². The average Bonchev–Trinajstić information content (AvgIpc) is 3.09. The van der Waals surface area contributed by atoms with Crippen molar-refractivity contribution >= 4 is 5.57 Å². The molecular formula is C22H21O2. The van der Waals surface area contributed by atoms with Crippen LogP contribution < -0.4 is 9.47 Å². The zero-order valence-corrected chi connectivity index (χ0v) is 14.5. The van der Waals surface area contributed by atoms with Gasteiger partial charge in [0.25, 0.3) is 0 Å². The van der Waals surface area contributed by atoms with E-state index < -0.39 is 0 Å². The van der Waals surface area contributed by atoms with Crippen LogP contribution in [0.25, 0.3) is 5.57 Å². The van der Waals surface area contributed by atoms with E-state index in [0.717, 1.165) is 44.9 Å². The minimum atomic E-state index is 0.899. The second-order valence-electron chi connectivity index (χ2n) is 5.83. The molecule has 0 aromatic heterocycles. The van der Waals surface area contributed by atoms with E-state index in [1.807, 2.05) is 24.3 Å². The first kappa shape index (κ1) is 16.1. The minimum Gasteiger partial charge on any atom is -0.496 e. The summed E-state index contributed by atoms with van der Waals surface area (Å²) < 4.78 is 10.8. The Kier molecular flexibility index (Phi) is 4.57. The molecule has 0 spiro atoms. The summed E-state index contributed by atoms with van der Waals surface area (Å²) >= 11 is 0. The number of hydrogen-bond acceptors (Lipinski definition) is 2. The van der Waals surface area contributed by atoms with Crippen molar-refractivity contribution in [2.45, 2.75) is 13.8 Å².